The number of hydrogen-bond acceptors (Lipinski definition) is 3. The van der Waals surface area contributed by atoms with Crippen molar-refractivity contribution >= 4 is 17.9 Å². The summed E-state index contributed by atoms with van der Waals surface area (Å²) >= 11 is 0. The topological polar surface area (TPSA) is 64.7 Å². The molecular formula is C25H26N2O2. The summed E-state index contributed by atoms with van der Waals surface area (Å²) in [5, 5.41) is 0. The Labute approximate surface area is 171 Å². The molecule has 29 heavy (non-hydrogen) atoms. The number of aliphatic imine (C=N–C) groups is 1. The monoisotopic (exact) mass is 386 g/mol. The molecule has 0 bridgehead atoms. The largest absolute Gasteiger partial charge is 0.466 e. The molecule has 1 saturated carbocycles. The molecule has 0 saturated heterocycles. The van der Waals surface area contributed by atoms with Crippen LogP contribution < -0.4 is 5.73 Å². The van der Waals surface area contributed by atoms with E-state index in [-0.39, 0.29) is 0 Å². The van der Waals surface area contributed by atoms with Crippen molar-refractivity contribution < 1.29 is 9.53 Å². The van der Waals surface area contributed by atoms with Gasteiger partial charge in [-0.1, -0.05) is 79.2 Å². The van der Waals surface area contributed by atoms with Gasteiger partial charge in [0.15, 0.2) is 0 Å². The average Bonchev–Trinajstić information content (AvgIpc) is 3.05. The standard InChI is InChI=1S/C25H26N2O2/c26-23(28)22-21(15-14-19-10-4-1-5-11-19)25(16-8-3-9-17-25)29-24(22)27-18-20-12-6-2-7-13-20/h1-2,4-7,10-15H,3,8-9,16-18H2,(H2,26,28)/b15-14+,27-24?. The van der Waals surface area contributed by atoms with Crippen molar-refractivity contribution in [3.63, 3.8) is 0 Å². The first-order chi connectivity index (χ1) is 14.2. The molecule has 2 N–H and O–H groups in total. The summed E-state index contributed by atoms with van der Waals surface area (Å²) < 4.78 is 6.41. The number of carbonyl (C=O) groups excluding carboxylic acids is 1. The van der Waals surface area contributed by atoms with Crippen LogP contribution in [0.1, 0.15) is 43.2 Å². The number of amides is 1. The van der Waals surface area contributed by atoms with Crippen LogP contribution in [0.3, 0.4) is 0 Å². The second-order valence-electron chi connectivity index (χ2n) is 7.66. The van der Waals surface area contributed by atoms with Crippen LogP contribution in [0.15, 0.2) is 82.9 Å². The Kier molecular flexibility index (Phi) is 5.61. The summed E-state index contributed by atoms with van der Waals surface area (Å²) in [6.45, 7) is 0.457. The first-order valence-corrected chi connectivity index (χ1v) is 10.2. The molecule has 1 aliphatic carbocycles. The van der Waals surface area contributed by atoms with E-state index in [0.717, 1.165) is 42.4 Å². The molecule has 4 heteroatoms. The van der Waals surface area contributed by atoms with Crippen LogP contribution in [-0.4, -0.2) is 17.4 Å². The van der Waals surface area contributed by atoms with E-state index in [0.29, 0.717) is 18.0 Å². The Morgan fingerprint density at radius 2 is 1.62 bits per heavy atom. The molecule has 1 fully saturated rings. The van der Waals surface area contributed by atoms with E-state index in [1.165, 1.54) is 6.42 Å². The second kappa shape index (κ2) is 8.48. The van der Waals surface area contributed by atoms with Gasteiger partial charge >= 0.3 is 0 Å². The number of primary amides is 1. The maximum Gasteiger partial charge on any atom is 0.254 e. The van der Waals surface area contributed by atoms with Gasteiger partial charge < -0.3 is 10.5 Å². The summed E-state index contributed by atoms with van der Waals surface area (Å²) in [6, 6.07) is 20.0. The minimum atomic E-state index is -0.497. The smallest absolute Gasteiger partial charge is 0.254 e. The predicted molar refractivity (Wildman–Crippen MR) is 116 cm³/mol. The van der Waals surface area contributed by atoms with E-state index in [9.17, 15) is 4.79 Å². The van der Waals surface area contributed by atoms with E-state index in [1.54, 1.807) is 0 Å². The Morgan fingerprint density at radius 3 is 2.28 bits per heavy atom. The zero-order valence-corrected chi connectivity index (χ0v) is 16.5. The van der Waals surface area contributed by atoms with Gasteiger partial charge in [0.25, 0.3) is 5.91 Å². The molecule has 4 rings (SSSR count). The lowest BCUT2D eigenvalue weighted by Crippen LogP contribution is -2.34. The number of nitrogens with zero attached hydrogens (tertiary/aromatic N) is 1. The van der Waals surface area contributed by atoms with Crippen LogP contribution in [-0.2, 0) is 16.1 Å². The first kappa shape index (κ1) is 19.2. The fourth-order valence-electron chi connectivity index (χ4n) is 4.20. The lowest BCUT2D eigenvalue weighted by Gasteiger charge is -2.34. The molecule has 4 nitrogen and oxygen atoms in total. The molecular weight excluding hydrogens is 360 g/mol. The highest BCUT2D eigenvalue weighted by Crippen LogP contribution is 2.45. The summed E-state index contributed by atoms with van der Waals surface area (Å²) in [7, 11) is 0. The zero-order valence-electron chi connectivity index (χ0n) is 16.5. The van der Waals surface area contributed by atoms with Crippen molar-refractivity contribution in [2.45, 2.75) is 44.2 Å². The van der Waals surface area contributed by atoms with E-state index >= 15 is 0 Å². The summed E-state index contributed by atoms with van der Waals surface area (Å²) in [4.78, 5) is 17.1. The van der Waals surface area contributed by atoms with Gasteiger partial charge in [0.05, 0.1) is 6.54 Å². The predicted octanol–water partition coefficient (Wildman–Crippen LogP) is 4.81. The van der Waals surface area contributed by atoms with Gasteiger partial charge in [-0.3, -0.25) is 4.79 Å². The fraction of sp³-hybridized carbons (Fsp3) is 0.280. The first-order valence-electron chi connectivity index (χ1n) is 10.2. The van der Waals surface area contributed by atoms with Crippen LogP contribution in [0.2, 0.25) is 0 Å². The van der Waals surface area contributed by atoms with Gasteiger partial charge in [-0.15, -0.1) is 0 Å². The summed E-state index contributed by atoms with van der Waals surface area (Å²) in [6.07, 6.45) is 9.11. The third-order valence-electron chi connectivity index (χ3n) is 5.66. The number of carbonyl (C=O) groups is 1. The normalized spacial score (nSPS) is 19.8. The van der Waals surface area contributed by atoms with Crippen molar-refractivity contribution in [1.29, 1.82) is 0 Å². The number of rotatable bonds is 5. The number of hydrogen-bond donors (Lipinski definition) is 1. The lowest BCUT2D eigenvalue weighted by molar-refractivity contribution is -0.114. The second-order valence-corrected chi connectivity index (χ2v) is 7.66. The minimum absolute atomic E-state index is 0.385. The van der Waals surface area contributed by atoms with Crippen molar-refractivity contribution in [2.24, 2.45) is 10.7 Å². The molecule has 2 aromatic carbocycles. The Bertz CT molecular complexity index is 953. The van der Waals surface area contributed by atoms with Crippen LogP contribution in [0.25, 0.3) is 6.08 Å². The summed E-state index contributed by atoms with van der Waals surface area (Å²) in [5.74, 6) is -0.0945. The van der Waals surface area contributed by atoms with Crippen molar-refractivity contribution in [1.82, 2.24) is 0 Å². The third kappa shape index (κ3) is 4.16. The molecule has 0 radical (unpaired) electrons. The van der Waals surface area contributed by atoms with Crippen molar-refractivity contribution in [2.75, 3.05) is 0 Å². The van der Waals surface area contributed by atoms with Gasteiger partial charge in [-0.2, -0.15) is 0 Å². The molecule has 1 spiro atoms. The Balaban J connectivity index is 1.74. The van der Waals surface area contributed by atoms with E-state index < -0.39 is 11.5 Å². The molecule has 2 aromatic rings. The molecule has 0 atom stereocenters. The molecule has 1 heterocycles. The SMILES string of the molecule is NC(=O)C1=C(/C=C/c2ccccc2)C2(CCCCC2)OC1=NCc1ccccc1. The van der Waals surface area contributed by atoms with Crippen LogP contribution in [0.5, 0.6) is 0 Å². The quantitative estimate of drug-likeness (QED) is 0.801. The highest BCUT2D eigenvalue weighted by Gasteiger charge is 2.47. The zero-order chi connectivity index (χ0) is 20.1. The van der Waals surface area contributed by atoms with E-state index in [4.69, 9.17) is 10.5 Å². The Hall–Kier alpha value is -3.14. The average molecular weight is 386 g/mol. The maximum absolute atomic E-state index is 12.4. The van der Waals surface area contributed by atoms with Gasteiger partial charge in [0, 0.05) is 5.57 Å². The van der Waals surface area contributed by atoms with Gasteiger partial charge in [-0.05, 0) is 36.8 Å². The van der Waals surface area contributed by atoms with Crippen LogP contribution >= 0.6 is 0 Å². The lowest BCUT2D eigenvalue weighted by atomic mass is 9.78. The van der Waals surface area contributed by atoms with Crippen molar-refractivity contribution in [3.8, 4) is 0 Å². The van der Waals surface area contributed by atoms with Gasteiger partial charge in [0.2, 0.25) is 5.90 Å². The highest BCUT2D eigenvalue weighted by atomic mass is 16.5. The van der Waals surface area contributed by atoms with Gasteiger partial charge in [-0.25, -0.2) is 4.99 Å². The number of nitrogens with two attached hydrogens (primary N) is 1. The van der Waals surface area contributed by atoms with E-state index in [2.05, 4.69) is 4.99 Å². The number of benzene rings is 2. The molecule has 148 valence electrons. The number of ether oxygens (including phenoxy) is 1. The van der Waals surface area contributed by atoms with Crippen LogP contribution in [0.4, 0.5) is 0 Å². The van der Waals surface area contributed by atoms with Crippen LogP contribution in [0, 0.1) is 0 Å². The fourth-order valence-corrected chi connectivity index (χ4v) is 4.20. The summed E-state index contributed by atoms with van der Waals surface area (Å²) in [5.41, 5.74) is 8.76. The molecule has 1 amide bonds. The van der Waals surface area contributed by atoms with Crippen molar-refractivity contribution in [3.05, 3.63) is 89.0 Å². The minimum Gasteiger partial charge on any atom is -0.466 e. The Morgan fingerprint density at radius 1 is 0.966 bits per heavy atom. The molecule has 0 unspecified atom stereocenters. The van der Waals surface area contributed by atoms with E-state index in [1.807, 2.05) is 72.8 Å². The molecule has 2 aliphatic rings. The molecule has 1 aliphatic heterocycles. The highest BCUT2D eigenvalue weighted by molar-refractivity contribution is 6.21. The van der Waals surface area contributed by atoms with Gasteiger partial charge in [0.1, 0.15) is 11.2 Å². The third-order valence-corrected chi connectivity index (χ3v) is 5.66. The maximum atomic E-state index is 12.4. The molecule has 0 aromatic heterocycles.